The summed E-state index contributed by atoms with van der Waals surface area (Å²) < 4.78 is 5.34. The van der Waals surface area contributed by atoms with Gasteiger partial charge in [0.05, 0.1) is 11.7 Å². The van der Waals surface area contributed by atoms with Crippen LogP contribution in [0, 0.1) is 0 Å². The van der Waals surface area contributed by atoms with Gasteiger partial charge in [-0.05, 0) is 25.1 Å². The number of aliphatic hydroxyl groups excluding tert-OH is 1. The van der Waals surface area contributed by atoms with Crippen LogP contribution in [0.2, 0.25) is 5.02 Å². The van der Waals surface area contributed by atoms with E-state index in [1.54, 1.807) is 25.1 Å². The Morgan fingerprint density at radius 1 is 1.67 bits per heavy atom. The van der Waals surface area contributed by atoms with E-state index in [9.17, 15) is 0 Å². The van der Waals surface area contributed by atoms with E-state index in [1.165, 1.54) is 0 Å². The molecule has 3 nitrogen and oxygen atoms in total. The molecule has 0 heterocycles. The molecule has 1 rings (SSSR count). The topological polar surface area (TPSA) is 55.5 Å². The summed E-state index contributed by atoms with van der Waals surface area (Å²) in [5.41, 5.74) is 6.14. The fourth-order valence-corrected chi connectivity index (χ4v) is 1.36. The molecule has 3 N–H and O–H groups in total. The Bertz CT molecular complexity index is 368. The normalized spacial score (nSPS) is 12.2. The third-order valence-electron chi connectivity index (χ3n) is 1.69. The smallest absolute Gasteiger partial charge is 0.131 e. The maximum Gasteiger partial charge on any atom is 0.131 e. The van der Waals surface area contributed by atoms with Crippen LogP contribution in [-0.4, -0.2) is 22.8 Å². The third kappa shape index (κ3) is 3.66. The predicted octanol–water partition coefficient (Wildman–Crippen LogP) is 1.73. The average molecular weight is 246 g/mol. The fourth-order valence-electron chi connectivity index (χ4n) is 1.03. The second-order valence-electron chi connectivity index (χ2n) is 3.16. The van der Waals surface area contributed by atoms with Crippen molar-refractivity contribution in [2.45, 2.75) is 13.0 Å². The lowest BCUT2D eigenvalue weighted by Gasteiger charge is -2.12. The highest BCUT2D eigenvalue weighted by Gasteiger charge is 2.08. The zero-order chi connectivity index (χ0) is 11.4. The Morgan fingerprint density at radius 3 is 2.87 bits per heavy atom. The lowest BCUT2D eigenvalue weighted by molar-refractivity contribution is 0.122. The monoisotopic (exact) mass is 245 g/mol. The molecule has 0 aliphatic carbocycles. The maximum atomic E-state index is 9.09. The first-order valence-corrected chi connectivity index (χ1v) is 5.19. The molecule has 15 heavy (non-hydrogen) atoms. The molecular weight excluding hydrogens is 234 g/mol. The minimum Gasteiger partial charge on any atom is -0.490 e. The SMILES string of the molecule is CC(O)COc1cc(Cl)ccc1C(N)=S. The van der Waals surface area contributed by atoms with Crippen LogP contribution in [0.3, 0.4) is 0 Å². The lowest BCUT2D eigenvalue weighted by Crippen LogP contribution is -2.16. The summed E-state index contributed by atoms with van der Waals surface area (Å²) in [5, 5.41) is 9.63. The van der Waals surface area contributed by atoms with Crippen LogP contribution in [0.4, 0.5) is 0 Å². The number of nitrogens with two attached hydrogens (primary N) is 1. The molecule has 0 amide bonds. The first-order valence-electron chi connectivity index (χ1n) is 4.41. The van der Waals surface area contributed by atoms with Crippen LogP contribution >= 0.6 is 23.8 Å². The van der Waals surface area contributed by atoms with Gasteiger partial charge < -0.3 is 15.6 Å². The van der Waals surface area contributed by atoms with Crippen LogP contribution in [0.5, 0.6) is 5.75 Å². The average Bonchev–Trinajstić information content (AvgIpc) is 2.14. The van der Waals surface area contributed by atoms with E-state index >= 15 is 0 Å². The molecule has 0 fully saturated rings. The summed E-state index contributed by atoms with van der Waals surface area (Å²) in [4.78, 5) is 0.243. The number of hydrogen-bond acceptors (Lipinski definition) is 3. The van der Waals surface area contributed by atoms with E-state index in [1.807, 2.05) is 0 Å². The molecule has 0 saturated heterocycles. The number of hydrogen-bond donors (Lipinski definition) is 2. The lowest BCUT2D eigenvalue weighted by atomic mass is 10.2. The number of halogens is 1. The van der Waals surface area contributed by atoms with Gasteiger partial charge >= 0.3 is 0 Å². The zero-order valence-corrected chi connectivity index (χ0v) is 9.81. The molecule has 82 valence electrons. The van der Waals surface area contributed by atoms with Crippen LogP contribution in [0.15, 0.2) is 18.2 Å². The molecule has 1 aromatic carbocycles. The van der Waals surface area contributed by atoms with Gasteiger partial charge in [0.25, 0.3) is 0 Å². The van der Waals surface area contributed by atoms with Crippen LogP contribution in [0.1, 0.15) is 12.5 Å². The molecule has 1 unspecified atom stereocenters. The van der Waals surface area contributed by atoms with Crippen molar-refractivity contribution in [3.8, 4) is 5.75 Å². The van der Waals surface area contributed by atoms with E-state index in [4.69, 9.17) is 39.4 Å². The van der Waals surface area contributed by atoms with Gasteiger partial charge in [-0.1, -0.05) is 23.8 Å². The molecule has 0 aliphatic heterocycles. The summed E-state index contributed by atoms with van der Waals surface area (Å²) in [6, 6.07) is 5.01. The standard InChI is InChI=1S/C10H12ClNO2S/c1-6(13)5-14-9-4-7(11)2-3-8(9)10(12)15/h2-4,6,13H,5H2,1H3,(H2,12,15). The van der Waals surface area contributed by atoms with Gasteiger partial charge in [0.1, 0.15) is 17.3 Å². The Labute approximate surface area is 98.8 Å². The van der Waals surface area contributed by atoms with Gasteiger partial charge in [-0.15, -0.1) is 0 Å². The minimum absolute atomic E-state index is 0.177. The van der Waals surface area contributed by atoms with Crippen molar-refractivity contribution in [1.29, 1.82) is 0 Å². The molecule has 0 aromatic heterocycles. The van der Waals surface area contributed by atoms with E-state index in [0.717, 1.165) is 0 Å². The van der Waals surface area contributed by atoms with Gasteiger partial charge in [0.2, 0.25) is 0 Å². The van der Waals surface area contributed by atoms with Crippen LogP contribution in [0.25, 0.3) is 0 Å². The highest BCUT2D eigenvalue weighted by molar-refractivity contribution is 7.80. The minimum atomic E-state index is -0.553. The van der Waals surface area contributed by atoms with Gasteiger partial charge in [-0.25, -0.2) is 0 Å². The molecule has 0 spiro atoms. The number of ether oxygens (including phenoxy) is 1. The summed E-state index contributed by atoms with van der Waals surface area (Å²) in [5.74, 6) is 0.496. The summed E-state index contributed by atoms with van der Waals surface area (Å²) in [7, 11) is 0. The molecule has 0 bridgehead atoms. The first kappa shape index (κ1) is 12.2. The highest BCUT2D eigenvalue weighted by atomic mass is 35.5. The largest absolute Gasteiger partial charge is 0.490 e. The Balaban J connectivity index is 2.92. The third-order valence-corrected chi connectivity index (χ3v) is 2.14. The van der Waals surface area contributed by atoms with E-state index in [0.29, 0.717) is 16.3 Å². The zero-order valence-electron chi connectivity index (χ0n) is 8.24. The number of aliphatic hydroxyl groups is 1. The van der Waals surface area contributed by atoms with Crippen molar-refractivity contribution >= 4 is 28.8 Å². The van der Waals surface area contributed by atoms with Gasteiger partial charge in [0, 0.05) is 5.02 Å². The Morgan fingerprint density at radius 2 is 2.33 bits per heavy atom. The second-order valence-corrected chi connectivity index (χ2v) is 4.04. The first-order chi connectivity index (χ1) is 7.00. The molecule has 5 heteroatoms. The molecule has 1 aromatic rings. The summed E-state index contributed by atoms with van der Waals surface area (Å²) in [6.07, 6.45) is -0.553. The fraction of sp³-hybridized carbons (Fsp3) is 0.300. The van der Waals surface area contributed by atoms with Crippen molar-refractivity contribution in [2.24, 2.45) is 5.73 Å². The van der Waals surface area contributed by atoms with Crippen molar-refractivity contribution < 1.29 is 9.84 Å². The van der Waals surface area contributed by atoms with E-state index in [2.05, 4.69) is 0 Å². The van der Waals surface area contributed by atoms with Gasteiger partial charge in [-0.2, -0.15) is 0 Å². The summed E-state index contributed by atoms with van der Waals surface area (Å²) in [6.45, 7) is 1.81. The second kappa shape index (κ2) is 5.30. The van der Waals surface area contributed by atoms with Crippen LogP contribution < -0.4 is 10.5 Å². The van der Waals surface area contributed by atoms with Gasteiger partial charge in [0.15, 0.2) is 0 Å². The van der Waals surface area contributed by atoms with Gasteiger partial charge in [-0.3, -0.25) is 0 Å². The maximum absolute atomic E-state index is 9.09. The number of thiocarbonyl (C=S) groups is 1. The van der Waals surface area contributed by atoms with E-state index in [-0.39, 0.29) is 11.6 Å². The quantitative estimate of drug-likeness (QED) is 0.794. The van der Waals surface area contributed by atoms with E-state index < -0.39 is 6.10 Å². The molecular formula is C10H12ClNO2S. The van der Waals surface area contributed by atoms with Crippen LogP contribution in [-0.2, 0) is 0 Å². The Kier molecular flexibility index (Phi) is 4.32. The van der Waals surface area contributed by atoms with Crippen molar-refractivity contribution in [1.82, 2.24) is 0 Å². The van der Waals surface area contributed by atoms with Crippen molar-refractivity contribution in [3.63, 3.8) is 0 Å². The molecule has 1 atom stereocenters. The van der Waals surface area contributed by atoms with Crippen molar-refractivity contribution in [3.05, 3.63) is 28.8 Å². The number of benzene rings is 1. The van der Waals surface area contributed by atoms with Crippen molar-refractivity contribution in [2.75, 3.05) is 6.61 Å². The summed E-state index contributed by atoms with van der Waals surface area (Å²) >= 11 is 10.7. The number of rotatable bonds is 4. The Hall–Kier alpha value is -0.840. The molecule has 0 aliphatic rings. The predicted molar refractivity (Wildman–Crippen MR) is 64.5 cm³/mol. The highest BCUT2D eigenvalue weighted by Crippen LogP contribution is 2.23. The molecule has 0 saturated carbocycles. The molecule has 0 radical (unpaired) electrons.